The van der Waals surface area contributed by atoms with E-state index in [1.807, 2.05) is 0 Å². The summed E-state index contributed by atoms with van der Waals surface area (Å²) in [6.45, 7) is 0.639. The van der Waals surface area contributed by atoms with Gasteiger partial charge in [-0.3, -0.25) is 0 Å². The van der Waals surface area contributed by atoms with E-state index >= 15 is 0 Å². The Morgan fingerprint density at radius 3 is 2.44 bits per heavy atom. The summed E-state index contributed by atoms with van der Waals surface area (Å²) in [5, 5.41) is 0. The topological polar surface area (TPSA) is 82.5 Å². The van der Waals surface area contributed by atoms with E-state index in [2.05, 4.69) is 9.16 Å². The average molecular weight is 152 g/mol. The van der Waals surface area contributed by atoms with Crippen molar-refractivity contribution < 1.29 is 23.5 Å². The maximum Gasteiger partial charge on any atom is 0.671 e. The lowest BCUT2D eigenvalue weighted by atomic mass is 10.5. The summed E-state index contributed by atoms with van der Waals surface area (Å²) in [5.41, 5.74) is 0. The van der Waals surface area contributed by atoms with Crippen LogP contribution in [0.4, 0.5) is 0 Å². The van der Waals surface area contributed by atoms with Gasteiger partial charge in [0, 0.05) is 0 Å². The predicted octanol–water partition coefficient (Wildman–Crippen LogP) is -2.19. The van der Waals surface area contributed by atoms with Crippen molar-refractivity contribution in [3.8, 4) is 0 Å². The molecule has 0 aromatic rings. The summed E-state index contributed by atoms with van der Waals surface area (Å²) in [6, 6.07) is 0. The Bertz CT molecular complexity index is 94.9. The monoisotopic (exact) mass is 152 g/mol. The van der Waals surface area contributed by atoms with E-state index in [0.717, 1.165) is 0 Å². The summed E-state index contributed by atoms with van der Waals surface area (Å²) >= 11 is 0. The predicted molar refractivity (Wildman–Crippen MR) is 28.1 cm³/mol. The molecule has 6 heteroatoms. The molecule has 0 radical (unpaired) electrons. The van der Waals surface area contributed by atoms with Crippen LogP contribution in [-0.2, 0) is 9.16 Å². The quantitative estimate of drug-likeness (QED) is 0.316. The molecule has 54 valence electrons. The van der Waals surface area contributed by atoms with Gasteiger partial charge >= 0.3 is 9.05 Å². The van der Waals surface area contributed by atoms with E-state index in [1.54, 1.807) is 0 Å². The van der Waals surface area contributed by atoms with Gasteiger partial charge in [-0.25, -0.2) is 0 Å². The first-order chi connectivity index (χ1) is 4.08. The highest BCUT2D eigenvalue weighted by Gasteiger charge is 2.34. The molecule has 9 heavy (non-hydrogen) atoms. The fraction of sp³-hybridized carbons (Fsp3) is 1.00. The second-order valence-corrected chi connectivity index (χ2v) is 3.28. The lowest BCUT2D eigenvalue weighted by Crippen LogP contribution is -2.40. The van der Waals surface area contributed by atoms with Gasteiger partial charge in [-0.2, -0.15) is 0 Å². The standard InChI is InChI=1S/C3H8O5Si/c4-9(5,6)8-2-3-1-7-3/h3-6H,1-2H2. The molecule has 1 rings (SSSR count). The van der Waals surface area contributed by atoms with E-state index < -0.39 is 9.05 Å². The second-order valence-electron chi connectivity index (χ2n) is 1.84. The van der Waals surface area contributed by atoms with E-state index in [4.69, 9.17) is 14.4 Å². The van der Waals surface area contributed by atoms with Crippen molar-refractivity contribution in [1.29, 1.82) is 0 Å². The first-order valence-electron chi connectivity index (χ1n) is 2.50. The zero-order valence-electron chi connectivity index (χ0n) is 4.65. The van der Waals surface area contributed by atoms with Crippen LogP contribution in [0.5, 0.6) is 0 Å². The molecule has 1 aliphatic heterocycles. The Morgan fingerprint density at radius 2 is 2.11 bits per heavy atom. The van der Waals surface area contributed by atoms with Crippen LogP contribution >= 0.6 is 0 Å². The molecule has 1 saturated heterocycles. The molecular formula is C3H8O5Si. The van der Waals surface area contributed by atoms with Gasteiger partial charge in [0.1, 0.15) is 6.10 Å². The highest BCUT2D eigenvalue weighted by Crippen LogP contribution is 2.09. The Balaban J connectivity index is 2.03. The third-order valence-corrected chi connectivity index (χ3v) is 1.42. The summed E-state index contributed by atoms with van der Waals surface area (Å²) < 4.78 is 8.90. The number of ether oxygens (including phenoxy) is 1. The van der Waals surface area contributed by atoms with Crippen molar-refractivity contribution >= 4 is 9.05 Å². The summed E-state index contributed by atoms with van der Waals surface area (Å²) in [6.07, 6.45) is -0.0525. The summed E-state index contributed by atoms with van der Waals surface area (Å²) in [5.74, 6) is 0. The first-order valence-corrected chi connectivity index (χ1v) is 4.25. The van der Waals surface area contributed by atoms with Crippen molar-refractivity contribution in [3.63, 3.8) is 0 Å². The summed E-state index contributed by atoms with van der Waals surface area (Å²) in [4.78, 5) is 24.8. The fourth-order valence-corrected chi connectivity index (χ4v) is 0.779. The van der Waals surface area contributed by atoms with Gasteiger partial charge in [0.15, 0.2) is 0 Å². The van der Waals surface area contributed by atoms with Gasteiger partial charge in [-0.05, 0) is 0 Å². The molecule has 0 saturated carbocycles. The fourth-order valence-electron chi connectivity index (χ4n) is 0.369. The van der Waals surface area contributed by atoms with Crippen LogP contribution in [-0.4, -0.2) is 42.8 Å². The van der Waals surface area contributed by atoms with Gasteiger partial charge in [-0.15, -0.1) is 0 Å². The van der Waals surface area contributed by atoms with Crippen molar-refractivity contribution in [2.24, 2.45) is 0 Å². The molecule has 1 heterocycles. The molecule has 1 fully saturated rings. The van der Waals surface area contributed by atoms with E-state index in [0.29, 0.717) is 6.61 Å². The third kappa shape index (κ3) is 3.57. The molecule has 0 amide bonds. The van der Waals surface area contributed by atoms with Crippen LogP contribution in [0.2, 0.25) is 0 Å². The van der Waals surface area contributed by atoms with E-state index in [-0.39, 0.29) is 12.7 Å². The summed E-state index contributed by atoms with van der Waals surface area (Å²) in [7, 11) is -4.26. The molecule has 1 unspecified atom stereocenters. The highest BCUT2D eigenvalue weighted by molar-refractivity contribution is 6.48. The molecule has 5 nitrogen and oxygen atoms in total. The van der Waals surface area contributed by atoms with Crippen molar-refractivity contribution in [3.05, 3.63) is 0 Å². The normalized spacial score (nSPS) is 26.3. The maximum absolute atomic E-state index is 8.27. The minimum absolute atomic E-state index is 0.0525. The molecule has 0 spiro atoms. The maximum atomic E-state index is 8.27. The molecule has 0 aromatic carbocycles. The molecule has 1 aliphatic rings. The lowest BCUT2D eigenvalue weighted by molar-refractivity contribution is 0.0569. The molecule has 0 bridgehead atoms. The highest BCUT2D eigenvalue weighted by atomic mass is 28.4. The minimum atomic E-state index is -4.26. The van der Waals surface area contributed by atoms with Crippen molar-refractivity contribution in [1.82, 2.24) is 0 Å². The zero-order valence-corrected chi connectivity index (χ0v) is 5.65. The number of hydrogen-bond acceptors (Lipinski definition) is 5. The molecular weight excluding hydrogens is 144 g/mol. The van der Waals surface area contributed by atoms with Gasteiger partial charge < -0.3 is 23.5 Å². The third-order valence-electron chi connectivity index (χ3n) is 0.865. The zero-order chi connectivity index (χ0) is 6.91. The molecule has 0 aromatic heterocycles. The van der Waals surface area contributed by atoms with Gasteiger partial charge in [0.05, 0.1) is 13.2 Å². The number of hydrogen-bond donors (Lipinski definition) is 3. The second kappa shape index (κ2) is 2.33. The van der Waals surface area contributed by atoms with Crippen LogP contribution in [0.25, 0.3) is 0 Å². The Labute approximate surface area is 52.9 Å². The largest absolute Gasteiger partial charge is 0.671 e. The van der Waals surface area contributed by atoms with Crippen molar-refractivity contribution in [2.45, 2.75) is 6.10 Å². The number of epoxide rings is 1. The van der Waals surface area contributed by atoms with Gasteiger partial charge in [0.2, 0.25) is 0 Å². The molecule has 0 aliphatic carbocycles. The Hall–Kier alpha value is 0.0169. The minimum Gasteiger partial charge on any atom is -0.371 e. The average Bonchev–Trinajstić information content (AvgIpc) is 2.38. The van der Waals surface area contributed by atoms with Crippen molar-refractivity contribution in [2.75, 3.05) is 13.2 Å². The van der Waals surface area contributed by atoms with Gasteiger partial charge in [0.25, 0.3) is 0 Å². The van der Waals surface area contributed by atoms with Gasteiger partial charge in [-0.1, -0.05) is 0 Å². The Morgan fingerprint density at radius 1 is 1.56 bits per heavy atom. The smallest absolute Gasteiger partial charge is 0.371 e. The molecule has 1 atom stereocenters. The lowest BCUT2D eigenvalue weighted by Gasteiger charge is -2.06. The molecule has 3 N–H and O–H groups in total. The van der Waals surface area contributed by atoms with Crippen LogP contribution in [0.1, 0.15) is 0 Å². The van der Waals surface area contributed by atoms with Crippen LogP contribution in [0.15, 0.2) is 0 Å². The SMILES string of the molecule is O[Si](O)(O)OCC1CO1. The van der Waals surface area contributed by atoms with Crippen LogP contribution in [0.3, 0.4) is 0 Å². The van der Waals surface area contributed by atoms with Crippen LogP contribution in [0, 0.1) is 0 Å². The first kappa shape index (κ1) is 7.13. The van der Waals surface area contributed by atoms with E-state index in [1.165, 1.54) is 0 Å². The van der Waals surface area contributed by atoms with E-state index in [9.17, 15) is 0 Å². The van der Waals surface area contributed by atoms with Crippen LogP contribution < -0.4 is 0 Å². The number of rotatable bonds is 3. The Kier molecular flexibility index (Phi) is 1.84.